The first kappa shape index (κ1) is 17.8. The number of carbonyl (C=O) groups is 1. The van der Waals surface area contributed by atoms with Crippen molar-refractivity contribution in [3.63, 3.8) is 0 Å². The van der Waals surface area contributed by atoms with Gasteiger partial charge in [0, 0.05) is 6.54 Å². The summed E-state index contributed by atoms with van der Waals surface area (Å²) in [6.07, 6.45) is 4.55. The van der Waals surface area contributed by atoms with Crippen LogP contribution in [0.4, 0.5) is 0 Å². The Bertz CT molecular complexity index is 661. The monoisotopic (exact) mass is 381 g/mol. The van der Waals surface area contributed by atoms with Crippen molar-refractivity contribution in [2.24, 2.45) is 0 Å². The van der Waals surface area contributed by atoms with Gasteiger partial charge in [0.1, 0.15) is 5.76 Å². The lowest BCUT2D eigenvalue weighted by Crippen LogP contribution is -2.23. The second-order valence-electron chi connectivity index (χ2n) is 5.72. The van der Waals surface area contributed by atoms with Crippen LogP contribution in [0.1, 0.15) is 60.3 Å². The van der Waals surface area contributed by atoms with E-state index in [-0.39, 0.29) is 5.91 Å². The molecule has 0 aromatic carbocycles. The lowest BCUT2D eigenvalue weighted by atomic mass is 10.2. The van der Waals surface area contributed by atoms with E-state index in [0.29, 0.717) is 18.8 Å². The van der Waals surface area contributed by atoms with Crippen LogP contribution >= 0.6 is 15.9 Å². The summed E-state index contributed by atoms with van der Waals surface area (Å²) in [5, 5.41) is 7.34. The van der Waals surface area contributed by atoms with Crippen LogP contribution in [0.15, 0.2) is 21.0 Å². The van der Waals surface area contributed by atoms with E-state index in [2.05, 4.69) is 33.3 Å². The molecule has 0 aliphatic carbocycles. The quantitative estimate of drug-likeness (QED) is 0.696. The van der Waals surface area contributed by atoms with Gasteiger partial charge in [0.2, 0.25) is 0 Å². The molecule has 2 aromatic heterocycles. The Kier molecular flexibility index (Phi) is 6.45. The molecule has 6 heteroatoms. The number of amides is 1. The Labute approximate surface area is 145 Å². The van der Waals surface area contributed by atoms with E-state index >= 15 is 0 Å². The highest BCUT2D eigenvalue weighted by atomic mass is 79.9. The van der Waals surface area contributed by atoms with Crippen molar-refractivity contribution in [2.75, 3.05) is 6.54 Å². The first-order valence-electron chi connectivity index (χ1n) is 8.09. The van der Waals surface area contributed by atoms with E-state index in [0.717, 1.165) is 34.5 Å². The maximum absolute atomic E-state index is 12.0. The van der Waals surface area contributed by atoms with Gasteiger partial charge in [-0.2, -0.15) is 5.10 Å². The number of aromatic nitrogens is 2. The van der Waals surface area contributed by atoms with Crippen LogP contribution in [0.3, 0.4) is 0 Å². The summed E-state index contributed by atoms with van der Waals surface area (Å²) in [5.74, 6) is 0.928. The molecule has 126 valence electrons. The van der Waals surface area contributed by atoms with Crippen molar-refractivity contribution < 1.29 is 9.21 Å². The molecule has 0 unspecified atom stereocenters. The number of halogens is 1. The van der Waals surface area contributed by atoms with E-state index in [1.54, 1.807) is 6.07 Å². The fraction of sp³-hybridized carbons (Fsp3) is 0.529. The molecule has 2 aromatic rings. The minimum Gasteiger partial charge on any atom is -0.454 e. The zero-order chi connectivity index (χ0) is 16.8. The van der Waals surface area contributed by atoms with Crippen molar-refractivity contribution >= 4 is 21.8 Å². The predicted molar refractivity (Wildman–Crippen MR) is 93.7 cm³/mol. The van der Waals surface area contributed by atoms with Crippen molar-refractivity contribution in [3.8, 4) is 0 Å². The maximum Gasteiger partial charge on any atom is 0.286 e. The molecule has 2 heterocycles. The van der Waals surface area contributed by atoms with Gasteiger partial charge in [-0.15, -0.1) is 0 Å². The van der Waals surface area contributed by atoms with Gasteiger partial charge >= 0.3 is 0 Å². The van der Waals surface area contributed by atoms with Crippen LogP contribution < -0.4 is 5.32 Å². The first-order chi connectivity index (χ1) is 11.0. The van der Waals surface area contributed by atoms with Crippen molar-refractivity contribution in [1.29, 1.82) is 0 Å². The molecule has 0 aliphatic rings. The van der Waals surface area contributed by atoms with E-state index in [1.807, 2.05) is 24.6 Å². The van der Waals surface area contributed by atoms with Gasteiger partial charge in [-0.25, -0.2) is 0 Å². The highest BCUT2D eigenvalue weighted by Gasteiger charge is 2.13. The fourth-order valence-electron chi connectivity index (χ4n) is 2.40. The van der Waals surface area contributed by atoms with Crippen molar-refractivity contribution in [3.05, 3.63) is 39.5 Å². The number of nitrogens with zero attached hydrogens (tertiary/aromatic N) is 2. The third kappa shape index (κ3) is 4.70. The minimum atomic E-state index is -0.151. The lowest BCUT2D eigenvalue weighted by Gasteiger charge is -2.03. The summed E-state index contributed by atoms with van der Waals surface area (Å²) in [6, 6.07) is 3.55. The third-order valence-electron chi connectivity index (χ3n) is 3.80. The van der Waals surface area contributed by atoms with E-state index in [9.17, 15) is 4.79 Å². The SMILES string of the molecule is CCCCCCNC(=O)c1ccc(Cn2nc(C)c(Br)c2C)o1. The normalized spacial score (nSPS) is 11.0. The van der Waals surface area contributed by atoms with Crippen LogP contribution in [0.25, 0.3) is 0 Å². The molecule has 0 spiro atoms. The van der Waals surface area contributed by atoms with Crippen molar-refractivity contribution in [1.82, 2.24) is 15.1 Å². The fourth-order valence-corrected chi connectivity index (χ4v) is 2.69. The molecule has 5 nitrogen and oxygen atoms in total. The number of rotatable bonds is 8. The van der Waals surface area contributed by atoms with Crippen LogP contribution in [0.5, 0.6) is 0 Å². The van der Waals surface area contributed by atoms with Gasteiger partial charge in [0.05, 0.1) is 22.4 Å². The topological polar surface area (TPSA) is 60.1 Å². The molecule has 0 saturated carbocycles. The zero-order valence-electron chi connectivity index (χ0n) is 14.0. The summed E-state index contributed by atoms with van der Waals surface area (Å²) in [5.41, 5.74) is 1.99. The number of carbonyl (C=O) groups excluding carboxylic acids is 1. The summed E-state index contributed by atoms with van der Waals surface area (Å²) < 4.78 is 8.52. The summed E-state index contributed by atoms with van der Waals surface area (Å²) >= 11 is 3.51. The molecule has 0 fully saturated rings. The average Bonchev–Trinajstić information content (AvgIpc) is 3.09. The molecule has 0 bridgehead atoms. The Morgan fingerprint density at radius 2 is 2.09 bits per heavy atom. The van der Waals surface area contributed by atoms with Gasteiger partial charge in [0.15, 0.2) is 5.76 Å². The third-order valence-corrected chi connectivity index (χ3v) is 4.95. The van der Waals surface area contributed by atoms with Gasteiger partial charge in [-0.3, -0.25) is 9.48 Å². The molecule has 23 heavy (non-hydrogen) atoms. The maximum atomic E-state index is 12.0. The zero-order valence-corrected chi connectivity index (χ0v) is 15.6. The molecule has 0 saturated heterocycles. The van der Waals surface area contributed by atoms with Crippen molar-refractivity contribution in [2.45, 2.75) is 53.0 Å². The number of hydrogen-bond acceptors (Lipinski definition) is 3. The highest BCUT2D eigenvalue weighted by molar-refractivity contribution is 9.10. The number of nitrogens with one attached hydrogen (secondary N) is 1. The number of furan rings is 1. The van der Waals surface area contributed by atoms with Gasteiger partial charge in [0.25, 0.3) is 5.91 Å². The molecule has 1 N–H and O–H groups in total. The number of aryl methyl sites for hydroxylation is 1. The molecule has 0 aliphatic heterocycles. The molecule has 2 rings (SSSR count). The van der Waals surface area contributed by atoms with Crippen LogP contribution in [0, 0.1) is 13.8 Å². The average molecular weight is 382 g/mol. The van der Waals surface area contributed by atoms with Crippen LogP contribution in [-0.2, 0) is 6.54 Å². The Morgan fingerprint density at radius 1 is 1.30 bits per heavy atom. The number of hydrogen-bond donors (Lipinski definition) is 1. The second-order valence-corrected chi connectivity index (χ2v) is 6.52. The summed E-state index contributed by atoms with van der Waals surface area (Å²) in [7, 11) is 0. The van der Waals surface area contributed by atoms with Gasteiger partial charge in [-0.05, 0) is 48.3 Å². The molecule has 0 atom stereocenters. The smallest absolute Gasteiger partial charge is 0.286 e. The van der Waals surface area contributed by atoms with Crippen LogP contribution in [0.2, 0.25) is 0 Å². The second kappa shape index (κ2) is 8.34. The van der Waals surface area contributed by atoms with E-state index < -0.39 is 0 Å². The summed E-state index contributed by atoms with van der Waals surface area (Å²) in [6.45, 7) is 7.33. The van der Waals surface area contributed by atoms with Gasteiger partial charge in [-0.1, -0.05) is 26.2 Å². The van der Waals surface area contributed by atoms with Gasteiger partial charge < -0.3 is 9.73 Å². The molecule has 1 amide bonds. The molecular formula is C17H24BrN3O2. The first-order valence-corrected chi connectivity index (χ1v) is 8.88. The standard InChI is InChI=1S/C17H24BrN3O2/c1-4-5-6-7-10-19-17(22)15-9-8-14(23-15)11-21-13(3)16(18)12(2)20-21/h8-9H,4-7,10-11H2,1-3H3,(H,19,22). The van der Waals surface area contributed by atoms with E-state index in [1.165, 1.54) is 12.8 Å². The molecule has 0 radical (unpaired) electrons. The Morgan fingerprint density at radius 3 is 2.74 bits per heavy atom. The Hall–Kier alpha value is -1.56. The predicted octanol–water partition coefficient (Wildman–Crippen LogP) is 4.21. The lowest BCUT2D eigenvalue weighted by molar-refractivity contribution is 0.0923. The highest BCUT2D eigenvalue weighted by Crippen LogP contribution is 2.21. The minimum absolute atomic E-state index is 0.151. The Balaban J connectivity index is 1.89. The van der Waals surface area contributed by atoms with Crippen LogP contribution in [-0.4, -0.2) is 22.2 Å². The number of unbranched alkanes of at least 4 members (excludes halogenated alkanes) is 3. The summed E-state index contributed by atoms with van der Waals surface area (Å²) in [4.78, 5) is 12.0. The molecular weight excluding hydrogens is 358 g/mol. The largest absolute Gasteiger partial charge is 0.454 e. The van der Waals surface area contributed by atoms with E-state index in [4.69, 9.17) is 4.42 Å².